The van der Waals surface area contributed by atoms with Gasteiger partial charge in [-0.2, -0.15) is 0 Å². The van der Waals surface area contributed by atoms with Gasteiger partial charge in [0.25, 0.3) is 11.7 Å². The summed E-state index contributed by atoms with van der Waals surface area (Å²) in [7, 11) is 0. The molecule has 1 saturated heterocycles. The highest BCUT2D eigenvalue weighted by molar-refractivity contribution is 6.51. The molecule has 0 aliphatic carbocycles. The Hall–Kier alpha value is -3.58. The maximum absolute atomic E-state index is 13.6. The van der Waals surface area contributed by atoms with Crippen molar-refractivity contribution in [1.29, 1.82) is 0 Å². The summed E-state index contributed by atoms with van der Waals surface area (Å²) < 4.78 is 13.6. The molecule has 0 spiro atoms. The molecular weight excluding hydrogens is 397 g/mol. The van der Waals surface area contributed by atoms with Crippen LogP contribution in [0.1, 0.15) is 17.2 Å². The van der Waals surface area contributed by atoms with Gasteiger partial charge in [0.15, 0.2) is 0 Å². The number of aliphatic hydroxyl groups excluding tert-OH is 1. The molecule has 0 bridgehead atoms. The molecule has 8 heteroatoms. The van der Waals surface area contributed by atoms with Crippen LogP contribution in [0, 0.1) is 5.82 Å². The van der Waals surface area contributed by atoms with E-state index in [9.17, 15) is 19.1 Å². The largest absolute Gasteiger partial charge is 0.507 e. The average molecular weight is 410 g/mol. The molecular formula is C21H13ClFN3O3. The standard InChI is InChI=1S/C21H13ClFN3O3/c22-15-10-14(3-4-16(15)23)26-18(13-2-1-7-25-11-13)17(20(28)21(26)29)19(27)12-5-8-24-9-6-12/h1-11,18,27H/b19-17+. The summed E-state index contributed by atoms with van der Waals surface area (Å²) in [6.07, 6.45) is 5.97. The fourth-order valence-corrected chi connectivity index (χ4v) is 3.43. The number of rotatable bonds is 3. The van der Waals surface area contributed by atoms with Gasteiger partial charge in [0.2, 0.25) is 0 Å². The number of aromatic nitrogens is 2. The smallest absolute Gasteiger partial charge is 0.300 e. The first-order chi connectivity index (χ1) is 14.0. The Bertz CT molecular complexity index is 1140. The average Bonchev–Trinajstić information content (AvgIpc) is 3.02. The molecule has 0 saturated carbocycles. The molecule has 0 radical (unpaired) electrons. The Morgan fingerprint density at radius 1 is 1.07 bits per heavy atom. The molecule has 3 aromatic rings. The van der Waals surface area contributed by atoms with E-state index in [0.717, 1.165) is 6.07 Å². The molecule has 2 aromatic heterocycles. The van der Waals surface area contributed by atoms with Gasteiger partial charge in [0.05, 0.1) is 16.6 Å². The van der Waals surface area contributed by atoms with E-state index in [1.165, 1.54) is 47.8 Å². The van der Waals surface area contributed by atoms with E-state index in [1.807, 2.05) is 0 Å². The van der Waals surface area contributed by atoms with Crippen molar-refractivity contribution in [3.63, 3.8) is 0 Å². The molecule has 1 unspecified atom stereocenters. The van der Waals surface area contributed by atoms with Crippen LogP contribution in [0.3, 0.4) is 0 Å². The van der Waals surface area contributed by atoms with Gasteiger partial charge in [0, 0.05) is 36.0 Å². The number of ketones is 1. The van der Waals surface area contributed by atoms with E-state index in [-0.39, 0.29) is 22.0 Å². The molecule has 29 heavy (non-hydrogen) atoms. The minimum atomic E-state index is -0.960. The molecule has 1 amide bonds. The number of benzene rings is 1. The van der Waals surface area contributed by atoms with Crippen LogP contribution in [0.4, 0.5) is 10.1 Å². The van der Waals surface area contributed by atoms with E-state index in [4.69, 9.17) is 11.6 Å². The lowest BCUT2D eigenvalue weighted by atomic mass is 9.96. The number of hydrogen-bond donors (Lipinski definition) is 1. The number of anilines is 1. The van der Waals surface area contributed by atoms with Gasteiger partial charge in [0.1, 0.15) is 11.6 Å². The molecule has 1 aliphatic heterocycles. The Morgan fingerprint density at radius 2 is 1.83 bits per heavy atom. The minimum absolute atomic E-state index is 0.102. The Balaban J connectivity index is 1.95. The summed E-state index contributed by atoms with van der Waals surface area (Å²) in [6, 6.07) is 9.15. The molecule has 4 rings (SSSR count). The van der Waals surface area contributed by atoms with Gasteiger partial charge in [-0.15, -0.1) is 0 Å². The second-order valence-electron chi connectivity index (χ2n) is 6.29. The fraction of sp³-hybridized carbons (Fsp3) is 0.0476. The third kappa shape index (κ3) is 3.25. The zero-order valence-corrected chi connectivity index (χ0v) is 15.5. The number of carbonyl (C=O) groups excluding carboxylic acids is 2. The lowest BCUT2D eigenvalue weighted by Gasteiger charge is -2.25. The summed E-state index contributed by atoms with van der Waals surface area (Å²) in [5.74, 6) is -2.72. The summed E-state index contributed by atoms with van der Waals surface area (Å²) in [5.41, 5.74) is 0.961. The Kier molecular flexibility index (Phi) is 4.82. The highest BCUT2D eigenvalue weighted by Gasteiger charge is 2.47. The van der Waals surface area contributed by atoms with Crippen molar-refractivity contribution < 1.29 is 19.1 Å². The lowest BCUT2D eigenvalue weighted by molar-refractivity contribution is -0.132. The van der Waals surface area contributed by atoms with Crippen molar-refractivity contribution >= 4 is 34.7 Å². The quantitative estimate of drug-likeness (QED) is 0.403. The molecule has 1 aliphatic rings. The number of Topliss-reactive ketones (excluding diaryl/α,β-unsaturated/α-hetero) is 1. The first kappa shape index (κ1) is 18.8. The maximum atomic E-state index is 13.6. The summed E-state index contributed by atoms with van der Waals surface area (Å²) >= 11 is 5.89. The number of pyridine rings is 2. The topological polar surface area (TPSA) is 83.4 Å². The number of aliphatic hydroxyl groups is 1. The van der Waals surface area contributed by atoms with Crippen LogP contribution in [0.25, 0.3) is 5.76 Å². The van der Waals surface area contributed by atoms with Gasteiger partial charge < -0.3 is 5.11 Å². The number of hydrogen-bond acceptors (Lipinski definition) is 5. The van der Waals surface area contributed by atoms with Crippen molar-refractivity contribution in [2.24, 2.45) is 0 Å². The van der Waals surface area contributed by atoms with E-state index in [2.05, 4.69) is 9.97 Å². The second-order valence-corrected chi connectivity index (χ2v) is 6.70. The third-order valence-corrected chi connectivity index (χ3v) is 4.87. The van der Waals surface area contributed by atoms with Crippen LogP contribution in [0.15, 0.2) is 72.8 Å². The van der Waals surface area contributed by atoms with Crippen LogP contribution < -0.4 is 4.90 Å². The van der Waals surface area contributed by atoms with E-state index < -0.39 is 23.5 Å². The first-order valence-electron chi connectivity index (χ1n) is 8.55. The van der Waals surface area contributed by atoms with E-state index in [0.29, 0.717) is 11.1 Å². The van der Waals surface area contributed by atoms with Crippen molar-refractivity contribution in [2.45, 2.75) is 6.04 Å². The fourth-order valence-electron chi connectivity index (χ4n) is 3.25. The van der Waals surface area contributed by atoms with Crippen molar-refractivity contribution in [1.82, 2.24) is 9.97 Å². The van der Waals surface area contributed by atoms with Crippen LogP contribution in [0.5, 0.6) is 0 Å². The predicted octanol–water partition coefficient (Wildman–Crippen LogP) is 3.90. The van der Waals surface area contributed by atoms with Crippen LogP contribution in [-0.2, 0) is 9.59 Å². The maximum Gasteiger partial charge on any atom is 0.300 e. The normalized spacial score (nSPS) is 18.3. The van der Waals surface area contributed by atoms with Gasteiger partial charge >= 0.3 is 0 Å². The highest BCUT2D eigenvalue weighted by Crippen LogP contribution is 2.42. The molecule has 1 N–H and O–H groups in total. The van der Waals surface area contributed by atoms with Gasteiger partial charge in [-0.1, -0.05) is 17.7 Å². The summed E-state index contributed by atoms with van der Waals surface area (Å²) in [6.45, 7) is 0. The monoisotopic (exact) mass is 409 g/mol. The molecule has 1 fully saturated rings. The Labute approximate surface area is 169 Å². The highest BCUT2D eigenvalue weighted by atomic mass is 35.5. The number of amides is 1. The SMILES string of the molecule is O=C1C(=O)N(c2ccc(F)c(Cl)c2)C(c2cccnc2)/C1=C(\O)c1ccncc1. The second kappa shape index (κ2) is 7.44. The predicted molar refractivity (Wildman–Crippen MR) is 105 cm³/mol. The zero-order chi connectivity index (χ0) is 20.5. The van der Waals surface area contributed by atoms with Crippen molar-refractivity contribution in [2.75, 3.05) is 4.90 Å². The van der Waals surface area contributed by atoms with E-state index in [1.54, 1.807) is 18.3 Å². The number of carbonyl (C=O) groups is 2. The molecule has 3 heterocycles. The minimum Gasteiger partial charge on any atom is -0.507 e. The molecule has 144 valence electrons. The number of nitrogens with zero attached hydrogens (tertiary/aromatic N) is 3. The summed E-state index contributed by atoms with van der Waals surface area (Å²) in [4.78, 5) is 34.9. The van der Waals surface area contributed by atoms with E-state index >= 15 is 0 Å². The lowest BCUT2D eigenvalue weighted by Crippen LogP contribution is -2.29. The molecule has 6 nitrogen and oxygen atoms in total. The molecule has 1 aromatic carbocycles. The number of halogens is 2. The third-order valence-electron chi connectivity index (χ3n) is 4.58. The van der Waals surface area contributed by atoms with Gasteiger partial charge in [-0.05, 0) is 42.0 Å². The van der Waals surface area contributed by atoms with Crippen LogP contribution in [0.2, 0.25) is 5.02 Å². The first-order valence-corrected chi connectivity index (χ1v) is 8.93. The van der Waals surface area contributed by atoms with Crippen LogP contribution in [-0.4, -0.2) is 26.8 Å². The summed E-state index contributed by atoms with van der Waals surface area (Å²) in [5, 5.41) is 10.7. The van der Waals surface area contributed by atoms with Crippen LogP contribution >= 0.6 is 11.6 Å². The van der Waals surface area contributed by atoms with Crippen molar-refractivity contribution in [3.8, 4) is 0 Å². The Morgan fingerprint density at radius 3 is 2.48 bits per heavy atom. The molecule has 1 atom stereocenters. The van der Waals surface area contributed by atoms with Gasteiger partial charge in [-0.25, -0.2) is 4.39 Å². The van der Waals surface area contributed by atoms with Gasteiger partial charge in [-0.3, -0.25) is 24.5 Å². The van der Waals surface area contributed by atoms with Crippen molar-refractivity contribution in [3.05, 3.63) is 94.8 Å². The zero-order valence-electron chi connectivity index (χ0n) is 14.8.